The third-order valence-electron chi connectivity index (χ3n) is 7.42. The quantitative estimate of drug-likeness (QED) is 0.377. The van der Waals surface area contributed by atoms with Crippen LogP contribution in [-0.4, -0.2) is 54.1 Å². The lowest BCUT2D eigenvalue weighted by molar-refractivity contribution is 0.0499. The SMILES string of the molecule is CC#CCn1c(N2CCCC(NC(=O)OC(C)(C)C)C2)nc2c1c(=O)n(Cc1cc3ccccc3n1C)c(=O)n2C. The Labute approximate surface area is 238 Å². The first-order valence-corrected chi connectivity index (χ1v) is 13.9. The summed E-state index contributed by atoms with van der Waals surface area (Å²) < 4.78 is 11.9. The van der Waals surface area contributed by atoms with Gasteiger partial charge in [0, 0.05) is 44.4 Å². The maximum absolute atomic E-state index is 14.0. The van der Waals surface area contributed by atoms with Crippen LogP contribution in [0.1, 0.15) is 46.2 Å². The van der Waals surface area contributed by atoms with Crippen LogP contribution in [0.5, 0.6) is 0 Å². The zero-order valence-corrected chi connectivity index (χ0v) is 24.5. The van der Waals surface area contributed by atoms with Crippen molar-refractivity contribution in [2.75, 3.05) is 18.0 Å². The zero-order chi connectivity index (χ0) is 29.5. The standard InChI is InChI=1S/C30H37N7O4/c1-7-8-16-36-24-25(32-27(36)35-15-11-13-21(18-35)31-28(39)41-30(2,3)4)34(6)29(40)37(26(24)38)19-22-17-20-12-9-10-14-23(20)33(22)5/h9-10,12,14,17,21H,11,13,15-16,18-19H2,1-6H3,(H,31,39). The van der Waals surface area contributed by atoms with Crippen molar-refractivity contribution in [2.24, 2.45) is 14.1 Å². The molecule has 0 spiro atoms. The monoisotopic (exact) mass is 559 g/mol. The first-order valence-electron chi connectivity index (χ1n) is 13.9. The molecule has 1 N–H and O–H groups in total. The highest BCUT2D eigenvalue weighted by Gasteiger charge is 2.29. The molecule has 0 bridgehead atoms. The summed E-state index contributed by atoms with van der Waals surface area (Å²) in [5, 5.41) is 4.01. The molecule has 1 amide bonds. The van der Waals surface area contributed by atoms with Gasteiger partial charge in [0.15, 0.2) is 11.2 Å². The van der Waals surface area contributed by atoms with E-state index in [0.29, 0.717) is 30.2 Å². The van der Waals surface area contributed by atoms with Gasteiger partial charge in [-0.25, -0.2) is 9.59 Å². The number of nitrogens with zero attached hydrogens (tertiary/aromatic N) is 6. The van der Waals surface area contributed by atoms with Crippen molar-refractivity contribution in [3.05, 3.63) is 56.9 Å². The van der Waals surface area contributed by atoms with E-state index in [4.69, 9.17) is 9.72 Å². The third-order valence-corrected chi connectivity index (χ3v) is 7.42. The first kappa shape index (κ1) is 28.1. The molecule has 41 heavy (non-hydrogen) atoms. The van der Waals surface area contributed by atoms with E-state index < -0.39 is 22.9 Å². The van der Waals surface area contributed by atoms with Crippen LogP contribution in [-0.2, 0) is 31.9 Å². The van der Waals surface area contributed by atoms with Gasteiger partial charge in [0.2, 0.25) is 5.95 Å². The number of hydrogen-bond donors (Lipinski definition) is 1. The van der Waals surface area contributed by atoms with Crippen molar-refractivity contribution in [1.82, 2.24) is 28.6 Å². The minimum atomic E-state index is -0.595. The van der Waals surface area contributed by atoms with E-state index in [-0.39, 0.29) is 19.1 Å². The Bertz CT molecular complexity index is 1810. The van der Waals surface area contributed by atoms with Gasteiger partial charge in [-0.05, 0) is 58.1 Å². The van der Waals surface area contributed by atoms with E-state index in [0.717, 1.165) is 29.4 Å². The molecule has 0 saturated carbocycles. The number of alkyl carbamates (subject to hydrolysis) is 1. The minimum absolute atomic E-state index is 0.123. The van der Waals surface area contributed by atoms with Crippen molar-refractivity contribution in [2.45, 2.75) is 65.3 Å². The van der Waals surface area contributed by atoms with E-state index in [1.54, 1.807) is 18.5 Å². The first-order chi connectivity index (χ1) is 19.5. The lowest BCUT2D eigenvalue weighted by atomic mass is 10.1. The second-order valence-electron chi connectivity index (χ2n) is 11.5. The average molecular weight is 560 g/mol. The number of nitrogens with one attached hydrogen (secondary N) is 1. The van der Waals surface area contributed by atoms with E-state index >= 15 is 0 Å². The average Bonchev–Trinajstić information content (AvgIpc) is 3.46. The summed E-state index contributed by atoms with van der Waals surface area (Å²) >= 11 is 0. The molecule has 1 saturated heterocycles. The zero-order valence-electron chi connectivity index (χ0n) is 24.5. The van der Waals surface area contributed by atoms with Crippen LogP contribution in [0.2, 0.25) is 0 Å². The number of hydrogen-bond acceptors (Lipinski definition) is 6. The molecule has 5 rings (SSSR count). The molecule has 1 fully saturated rings. The molecular weight excluding hydrogens is 522 g/mol. The Balaban J connectivity index is 1.56. The van der Waals surface area contributed by atoms with Gasteiger partial charge in [-0.1, -0.05) is 24.1 Å². The number of amides is 1. The van der Waals surface area contributed by atoms with Gasteiger partial charge in [0.05, 0.1) is 13.1 Å². The number of benzene rings is 1. The Morgan fingerprint density at radius 2 is 1.90 bits per heavy atom. The van der Waals surface area contributed by atoms with Gasteiger partial charge >= 0.3 is 11.8 Å². The fraction of sp³-hybridized carbons (Fsp3) is 0.467. The van der Waals surface area contributed by atoms with Crippen molar-refractivity contribution >= 4 is 34.1 Å². The van der Waals surface area contributed by atoms with E-state index in [9.17, 15) is 14.4 Å². The summed E-state index contributed by atoms with van der Waals surface area (Å²) in [7, 11) is 3.57. The van der Waals surface area contributed by atoms with Crippen LogP contribution in [0.25, 0.3) is 22.1 Å². The summed E-state index contributed by atoms with van der Waals surface area (Å²) in [6.45, 7) is 8.76. The van der Waals surface area contributed by atoms with Crippen LogP contribution >= 0.6 is 0 Å². The van der Waals surface area contributed by atoms with Crippen molar-refractivity contribution < 1.29 is 9.53 Å². The summed E-state index contributed by atoms with van der Waals surface area (Å²) in [4.78, 5) is 46.8. The lowest BCUT2D eigenvalue weighted by Crippen LogP contribution is -2.49. The van der Waals surface area contributed by atoms with Gasteiger partial charge in [-0.2, -0.15) is 4.98 Å². The normalized spacial score (nSPS) is 15.7. The van der Waals surface area contributed by atoms with E-state index in [2.05, 4.69) is 17.2 Å². The Morgan fingerprint density at radius 1 is 1.15 bits per heavy atom. The van der Waals surface area contributed by atoms with Crippen molar-refractivity contribution in [3.8, 4) is 11.8 Å². The van der Waals surface area contributed by atoms with Crippen LogP contribution in [0.4, 0.5) is 10.7 Å². The van der Waals surface area contributed by atoms with Crippen LogP contribution < -0.4 is 21.5 Å². The number of imidazole rings is 1. The number of piperidine rings is 1. The summed E-state index contributed by atoms with van der Waals surface area (Å²) in [5.41, 5.74) is 1.06. The fourth-order valence-electron chi connectivity index (χ4n) is 5.46. The molecule has 3 aromatic heterocycles. The summed E-state index contributed by atoms with van der Waals surface area (Å²) in [5.74, 6) is 6.52. The van der Waals surface area contributed by atoms with Crippen molar-refractivity contribution in [1.29, 1.82) is 0 Å². The minimum Gasteiger partial charge on any atom is -0.444 e. The topological polar surface area (TPSA) is 108 Å². The molecule has 1 atom stereocenters. The van der Waals surface area contributed by atoms with Crippen molar-refractivity contribution in [3.63, 3.8) is 0 Å². The number of anilines is 1. The molecule has 0 aliphatic carbocycles. The van der Waals surface area contributed by atoms with Gasteiger partial charge < -0.3 is 19.5 Å². The maximum Gasteiger partial charge on any atom is 0.407 e. The van der Waals surface area contributed by atoms with Gasteiger partial charge in [-0.15, -0.1) is 5.92 Å². The highest BCUT2D eigenvalue weighted by molar-refractivity contribution is 5.81. The molecule has 1 aliphatic rings. The van der Waals surface area contributed by atoms with Gasteiger partial charge in [0.1, 0.15) is 5.60 Å². The fourth-order valence-corrected chi connectivity index (χ4v) is 5.46. The summed E-state index contributed by atoms with van der Waals surface area (Å²) in [6.07, 6.45) is 1.14. The number of ether oxygens (including phenoxy) is 1. The molecule has 0 radical (unpaired) electrons. The van der Waals surface area contributed by atoms with Crippen LogP contribution in [0.3, 0.4) is 0 Å². The number of carbonyl (C=O) groups excluding carboxylic acids is 1. The smallest absolute Gasteiger partial charge is 0.407 e. The van der Waals surface area contributed by atoms with Crippen LogP contribution in [0, 0.1) is 11.8 Å². The third kappa shape index (κ3) is 5.46. The molecule has 11 heteroatoms. The second kappa shape index (κ2) is 10.8. The number of fused-ring (bicyclic) bond motifs is 2. The Hall–Kier alpha value is -4.46. The second-order valence-corrected chi connectivity index (χ2v) is 11.5. The molecule has 4 heterocycles. The lowest BCUT2D eigenvalue weighted by Gasteiger charge is -2.34. The predicted molar refractivity (Wildman–Crippen MR) is 159 cm³/mol. The number of carbonyl (C=O) groups is 1. The summed E-state index contributed by atoms with van der Waals surface area (Å²) in [6, 6.07) is 9.80. The Morgan fingerprint density at radius 3 is 2.61 bits per heavy atom. The molecule has 1 unspecified atom stereocenters. The van der Waals surface area contributed by atoms with Gasteiger partial charge in [-0.3, -0.25) is 18.5 Å². The predicted octanol–water partition coefficient (Wildman–Crippen LogP) is 2.95. The number of aryl methyl sites for hydroxylation is 2. The number of aromatic nitrogens is 5. The molecule has 216 valence electrons. The highest BCUT2D eigenvalue weighted by atomic mass is 16.6. The van der Waals surface area contributed by atoms with E-state index in [1.807, 2.05) is 67.6 Å². The Kier molecular flexibility index (Phi) is 7.43. The van der Waals surface area contributed by atoms with E-state index in [1.165, 1.54) is 9.13 Å². The van der Waals surface area contributed by atoms with Gasteiger partial charge in [0.25, 0.3) is 5.56 Å². The largest absolute Gasteiger partial charge is 0.444 e. The molecule has 4 aromatic rings. The highest BCUT2D eigenvalue weighted by Crippen LogP contribution is 2.24. The molecule has 11 nitrogen and oxygen atoms in total. The molecular formula is C30H37N7O4. The van der Waals surface area contributed by atoms with Crippen LogP contribution in [0.15, 0.2) is 39.9 Å². The molecule has 1 aromatic carbocycles. The number of para-hydroxylation sites is 1. The number of rotatable bonds is 5. The molecule has 1 aliphatic heterocycles. The maximum atomic E-state index is 14.0.